The molecule has 0 atom stereocenters. The standard InChI is InChI=1S/C16H11FN2OS/c17-14-7-3-1-5-11(14)9-18-19-16(20)13-10-21-15-8-4-2-6-12(13)15/h1-10H,(H,19,20)/b18-9+. The average Bonchev–Trinajstić information content (AvgIpc) is 2.93. The highest BCUT2D eigenvalue weighted by atomic mass is 32.1. The molecule has 0 saturated carbocycles. The Kier molecular flexibility index (Phi) is 3.75. The van der Waals surface area contributed by atoms with Crippen molar-refractivity contribution in [3.05, 3.63) is 70.9 Å². The Hall–Kier alpha value is -2.53. The van der Waals surface area contributed by atoms with Crippen LogP contribution in [0.25, 0.3) is 10.1 Å². The van der Waals surface area contributed by atoms with Crippen molar-refractivity contribution < 1.29 is 9.18 Å². The Morgan fingerprint density at radius 3 is 2.76 bits per heavy atom. The van der Waals surface area contributed by atoms with Gasteiger partial charge in [0.2, 0.25) is 0 Å². The number of hydrogen-bond acceptors (Lipinski definition) is 3. The van der Waals surface area contributed by atoms with Gasteiger partial charge in [-0.2, -0.15) is 5.10 Å². The maximum Gasteiger partial charge on any atom is 0.272 e. The summed E-state index contributed by atoms with van der Waals surface area (Å²) >= 11 is 1.50. The molecule has 3 aromatic rings. The Bertz CT molecular complexity index is 826. The number of halogens is 1. The minimum Gasteiger partial charge on any atom is -0.267 e. The second-order valence-electron chi connectivity index (χ2n) is 4.37. The van der Waals surface area contributed by atoms with Crippen molar-refractivity contribution in [1.82, 2.24) is 5.43 Å². The molecule has 0 aliphatic heterocycles. The minimum atomic E-state index is -0.378. The van der Waals surface area contributed by atoms with Crippen LogP contribution < -0.4 is 5.43 Å². The fourth-order valence-electron chi connectivity index (χ4n) is 1.95. The maximum atomic E-state index is 13.4. The number of nitrogens with one attached hydrogen (secondary N) is 1. The lowest BCUT2D eigenvalue weighted by molar-refractivity contribution is 0.0957. The lowest BCUT2D eigenvalue weighted by Crippen LogP contribution is -2.17. The van der Waals surface area contributed by atoms with E-state index < -0.39 is 0 Å². The normalized spacial score (nSPS) is 11.1. The van der Waals surface area contributed by atoms with Crippen LogP contribution in [0.1, 0.15) is 15.9 Å². The first-order valence-corrected chi connectivity index (χ1v) is 7.18. The van der Waals surface area contributed by atoms with Crippen LogP contribution in [0.3, 0.4) is 0 Å². The molecule has 2 aromatic carbocycles. The molecular weight excluding hydrogens is 287 g/mol. The lowest BCUT2D eigenvalue weighted by Gasteiger charge is -1.99. The van der Waals surface area contributed by atoms with E-state index in [0.717, 1.165) is 10.1 Å². The first-order valence-electron chi connectivity index (χ1n) is 6.30. The van der Waals surface area contributed by atoms with Gasteiger partial charge in [0, 0.05) is 21.0 Å². The number of carbonyl (C=O) groups is 1. The van der Waals surface area contributed by atoms with E-state index in [1.165, 1.54) is 23.6 Å². The molecule has 0 spiro atoms. The van der Waals surface area contributed by atoms with Crippen LogP contribution in [0.4, 0.5) is 4.39 Å². The van der Waals surface area contributed by atoms with E-state index in [1.54, 1.807) is 23.6 Å². The second kappa shape index (κ2) is 5.85. The molecule has 0 aliphatic rings. The average molecular weight is 298 g/mol. The molecule has 0 saturated heterocycles. The summed E-state index contributed by atoms with van der Waals surface area (Å²) in [4.78, 5) is 12.1. The number of fused-ring (bicyclic) bond motifs is 1. The molecule has 1 amide bonds. The number of rotatable bonds is 3. The third-order valence-electron chi connectivity index (χ3n) is 3.00. The van der Waals surface area contributed by atoms with E-state index in [1.807, 2.05) is 24.3 Å². The van der Waals surface area contributed by atoms with Crippen molar-refractivity contribution in [3.8, 4) is 0 Å². The third-order valence-corrected chi connectivity index (χ3v) is 3.96. The highest BCUT2D eigenvalue weighted by Crippen LogP contribution is 2.25. The lowest BCUT2D eigenvalue weighted by atomic mass is 10.2. The van der Waals surface area contributed by atoms with Gasteiger partial charge in [-0.1, -0.05) is 36.4 Å². The van der Waals surface area contributed by atoms with Gasteiger partial charge in [0.15, 0.2) is 0 Å². The van der Waals surface area contributed by atoms with Gasteiger partial charge < -0.3 is 0 Å². The van der Waals surface area contributed by atoms with Crippen molar-refractivity contribution in [2.75, 3.05) is 0 Å². The predicted octanol–water partition coefficient (Wildman–Crippen LogP) is 3.80. The topological polar surface area (TPSA) is 41.5 Å². The van der Waals surface area contributed by atoms with Crippen LogP contribution >= 0.6 is 11.3 Å². The molecule has 5 heteroatoms. The number of amides is 1. The summed E-state index contributed by atoms with van der Waals surface area (Å²) in [5.41, 5.74) is 3.32. The van der Waals surface area contributed by atoms with Gasteiger partial charge in [-0.3, -0.25) is 4.79 Å². The number of nitrogens with zero attached hydrogens (tertiary/aromatic N) is 1. The number of carbonyl (C=O) groups excluding carboxylic acids is 1. The minimum absolute atomic E-state index is 0.306. The summed E-state index contributed by atoms with van der Waals surface area (Å²) in [6, 6.07) is 13.9. The van der Waals surface area contributed by atoms with Crippen LogP contribution in [-0.2, 0) is 0 Å². The van der Waals surface area contributed by atoms with Gasteiger partial charge in [0.25, 0.3) is 5.91 Å². The van der Waals surface area contributed by atoms with E-state index in [4.69, 9.17) is 0 Å². The number of hydrogen-bond donors (Lipinski definition) is 1. The molecule has 21 heavy (non-hydrogen) atoms. The highest BCUT2D eigenvalue weighted by Gasteiger charge is 2.10. The van der Waals surface area contributed by atoms with E-state index in [9.17, 15) is 9.18 Å². The molecule has 0 bridgehead atoms. The van der Waals surface area contributed by atoms with Crippen molar-refractivity contribution in [2.24, 2.45) is 5.10 Å². The first kappa shape index (κ1) is 13.5. The van der Waals surface area contributed by atoms with Crippen molar-refractivity contribution in [1.29, 1.82) is 0 Å². The van der Waals surface area contributed by atoms with Gasteiger partial charge in [0.05, 0.1) is 11.8 Å². The van der Waals surface area contributed by atoms with Crippen molar-refractivity contribution in [2.45, 2.75) is 0 Å². The zero-order valence-corrected chi connectivity index (χ0v) is 11.7. The third kappa shape index (κ3) is 2.83. The molecule has 0 radical (unpaired) electrons. The van der Waals surface area contributed by atoms with E-state index in [-0.39, 0.29) is 11.7 Å². The summed E-state index contributed by atoms with van der Waals surface area (Å²) in [7, 11) is 0. The largest absolute Gasteiger partial charge is 0.272 e. The molecule has 0 fully saturated rings. The second-order valence-corrected chi connectivity index (χ2v) is 5.28. The molecule has 3 nitrogen and oxygen atoms in total. The molecule has 3 rings (SSSR count). The maximum absolute atomic E-state index is 13.4. The molecule has 1 N–H and O–H groups in total. The molecule has 1 heterocycles. The van der Waals surface area contributed by atoms with Gasteiger partial charge in [-0.15, -0.1) is 11.3 Å². The van der Waals surface area contributed by atoms with E-state index in [0.29, 0.717) is 11.1 Å². The summed E-state index contributed by atoms with van der Waals surface area (Å²) in [5.74, 6) is -0.684. The highest BCUT2D eigenvalue weighted by molar-refractivity contribution is 7.17. The summed E-state index contributed by atoms with van der Waals surface area (Å²) < 4.78 is 14.4. The summed E-state index contributed by atoms with van der Waals surface area (Å²) in [6.07, 6.45) is 1.29. The van der Waals surface area contributed by atoms with Crippen LogP contribution in [0.2, 0.25) is 0 Å². The molecule has 0 aliphatic carbocycles. The quantitative estimate of drug-likeness (QED) is 0.580. The van der Waals surface area contributed by atoms with Crippen molar-refractivity contribution >= 4 is 33.5 Å². The van der Waals surface area contributed by atoms with Gasteiger partial charge in [0.1, 0.15) is 5.82 Å². The van der Waals surface area contributed by atoms with Gasteiger partial charge in [-0.05, 0) is 12.1 Å². The zero-order chi connectivity index (χ0) is 14.7. The zero-order valence-electron chi connectivity index (χ0n) is 10.9. The molecular formula is C16H11FN2OS. The molecule has 104 valence electrons. The van der Waals surface area contributed by atoms with Crippen LogP contribution in [0.5, 0.6) is 0 Å². The van der Waals surface area contributed by atoms with Crippen LogP contribution in [0, 0.1) is 5.82 Å². The summed E-state index contributed by atoms with van der Waals surface area (Å²) in [6.45, 7) is 0. The number of thiophene rings is 1. The predicted molar refractivity (Wildman–Crippen MR) is 83.3 cm³/mol. The van der Waals surface area contributed by atoms with Gasteiger partial charge >= 0.3 is 0 Å². The molecule has 1 aromatic heterocycles. The number of benzene rings is 2. The van der Waals surface area contributed by atoms with E-state index >= 15 is 0 Å². The monoisotopic (exact) mass is 298 g/mol. The van der Waals surface area contributed by atoms with Crippen LogP contribution in [-0.4, -0.2) is 12.1 Å². The van der Waals surface area contributed by atoms with Crippen LogP contribution in [0.15, 0.2) is 59.0 Å². The Morgan fingerprint density at radius 2 is 1.90 bits per heavy atom. The fraction of sp³-hybridized carbons (Fsp3) is 0. The summed E-state index contributed by atoms with van der Waals surface area (Å²) in [5, 5.41) is 6.49. The smallest absolute Gasteiger partial charge is 0.267 e. The first-order chi connectivity index (χ1) is 10.3. The van der Waals surface area contributed by atoms with Gasteiger partial charge in [-0.25, -0.2) is 9.82 Å². The fourth-order valence-corrected chi connectivity index (χ4v) is 2.90. The van der Waals surface area contributed by atoms with E-state index in [2.05, 4.69) is 10.5 Å². The number of hydrazone groups is 1. The Labute approximate surface area is 124 Å². The molecule has 0 unspecified atom stereocenters. The SMILES string of the molecule is O=C(N/N=C/c1ccccc1F)c1csc2ccccc12. The Morgan fingerprint density at radius 1 is 1.14 bits per heavy atom. The van der Waals surface area contributed by atoms with Crippen molar-refractivity contribution in [3.63, 3.8) is 0 Å². The Balaban J connectivity index is 1.77.